The lowest BCUT2D eigenvalue weighted by atomic mass is 10.0. The van der Waals surface area contributed by atoms with Gasteiger partial charge in [-0.05, 0) is 24.6 Å². The van der Waals surface area contributed by atoms with E-state index in [1.165, 1.54) is 19.1 Å². The molecular weight excluding hydrogens is 273 g/mol. The van der Waals surface area contributed by atoms with Gasteiger partial charge in [0.25, 0.3) is 0 Å². The summed E-state index contributed by atoms with van der Waals surface area (Å²) in [6, 6.07) is 4.00. The molecule has 1 aliphatic rings. The van der Waals surface area contributed by atoms with Crippen molar-refractivity contribution in [2.45, 2.75) is 31.9 Å². The first-order valence-electron chi connectivity index (χ1n) is 7.02. The Balaban J connectivity index is 2.26. The molecule has 0 radical (unpaired) electrons. The summed E-state index contributed by atoms with van der Waals surface area (Å²) in [5, 5.41) is 2.80. The summed E-state index contributed by atoms with van der Waals surface area (Å²) in [5.41, 5.74) is 0.622. The Morgan fingerprint density at radius 3 is 3.10 bits per heavy atom. The minimum atomic E-state index is -0.362. The fraction of sp³-hybridized carbons (Fsp3) is 0.438. The van der Waals surface area contributed by atoms with Crippen molar-refractivity contribution in [3.05, 3.63) is 42.2 Å². The van der Waals surface area contributed by atoms with Gasteiger partial charge in [-0.25, -0.2) is 4.39 Å². The average Bonchev–Trinajstić information content (AvgIpc) is 2.93. The van der Waals surface area contributed by atoms with Crippen LogP contribution in [0.25, 0.3) is 0 Å². The quantitative estimate of drug-likeness (QED) is 0.820. The second-order valence-electron chi connectivity index (χ2n) is 5.06. The molecule has 1 unspecified atom stereocenters. The van der Waals surface area contributed by atoms with Gasteiger partial charge in [0.1, 0.15) is 17.7 Å². The molecule has 0 aromatic heterocycles. The van der Waals surface area contributed by atoms with Crippen LogP contribution in [0.3, 0.4) is 0 Å². The highest BCUT2D eigenvalue weighted by molar-refractivity contribution is 5.73. The number of amides is 1. The smallest absolute Gasteiger partial charge is 0.217 e. The predicted octanol–water partition coefficient (Wildman–Crippen LogP) is 2.75. The van der Waals surface area contributed by atoms with E-state index in [4.69, 9.17) is 9.47 Å². The fourth-order valence-electron chi connectivity index (χ4n) is 2.36. The molecule has 4 nitrogen and oxygen atoms in total. The first-order chi connectivity index (χ1) is 10.1. The second-order valence-corrected chi connectivity index (χ2v) is 5.06. The third-order valence-electron chi connectivity index (χ3n) is 3.31. The molecule has 1 N–H and O–H groups in total. The molecule has 1 aromatic carbocycles. The van der Waals surface area contributed by atoms with Crippen LogP contribution in [0.2, 0.25) is 0 Å². The number of carbonyl (C=O) groups excluding carboxylic acids is 1. The topological polar surface area (TPSA) is 47.6 Å². The zero-order valence-corrected chi connectivity index (χ0v) is 12.1. The van der Waals surface area contributed by atoms with Crippen LogP contribution in [0.15, 0.2) is 30.9 Å². The average molecular weight is 293 g/mol. The van der Waals surface area contributed by atoms with E-state index in [0.717, 1.165) is 6.42 Å². The Morgan fingerprint density at radius 2 is 2.48 bits per heavy atom. The predicted molar refractivity (Wildman–Crippen MR) is 77.6 cm³/mol. The summed E-state index contributed by atoms with van der Waals surface area (Å²) in [6.07, 6.45) is 2.97. The molecule has 21 heavy (non-hydrogen) atoms. The van der Waals surface area contributed by atoms with Gasteiger partial charge in [-0.1, -0.05) is 6.08 Å². The number of hydrogen-bond donors (Lipinski definition) is 1. The van der Waals surface area contributed by atoms with E-state index in [2.05, 4.69) is 11.9 Å². The van der Waals surface area contributed by atoms with E-state index in [0.29, 0.717) is 30.9 Å². The highest BCUT2D eigenvalue weighted by atomic mass is 19.1. The zero-order chi connectivity index (χ0) is 15.2. The number of nitrogens with one attached hydrogen (secondary N) is 1. The molecular formula is C16H20FNO3. The fourth-order valence-corrected chi connectivity index (χ4v) is 2.36. The third kappa shape index (κ3) is 4.29. The lowest BCUT2D eigenvalue weighted by Gasteiger charge is -2.22. The Morgan fingerprint density at radius 1 is 1.67 bits per heavy atom. The van der Waals surface area contributed by atoms with Crippen LogP contribution in [0, 0.1) is 5.82 Å². The maximum absolute atomic E-state index is 13.6. The summed E-state index contributed by atoms with van der Waals surface area (Å²) in [7, 11) is 0. The van der Waals surface area contributed by atoms with E-state index in [1.54, 1.807) is 12.1 Å². The monoisotopic (exact) mass is 293 g/mol. The summed E-state index contributed by atoms with van der Waals surface area (Å²) in [4.78, 5) is 11.3. The largest absolute Gasteiger partial charge is 0.488 e. The van der Waals surface area contributed by atoms with Gasteiger partial charge in [0, 0.05) is 18.9 Å². The molecule has 0 bridgehead atoms. The molecule has 1 amide bonds. The number of rotatable bonds is 6. The van der Waals surface area contributed by atoms with E-state index in [1.807, 2.05) is 0 Å². The van der Waals surface area contributed by atoms with Crippen LogP contribution in [0.5, 0.6) is 5.75 Å². The first kappa shape index (κ1) is 15.5. The Bertz CT molecular complexity index is 512. The zero-order valence-electron chi connectivity index (χ0n) is 12.1. The van der Waals surface area contributed by atoms with Crippen LogP contribution in [0.1, 0.15) is 31.4 Å². The van der Waals surface area contributed by atoms with E-state index >= 15 is 0 Å². The number of ether oxygens (including phenoxy) is 2. The molecule has 5 heteroatoms. The number of hydrogen-bond acceptors (Lipinski definition) is 3. The van der Waals surface area contributed by atoms with Gasteiger partial charge < -0.3 is 14.8 Å². The molecule has 114 valence electrons. The van der Waals surface area contributed by atoms with Crippen molar-refractivity contribution in [2.75, 3.05) is 13.2 Å². The van der Waals surface area contributed by atoms with Gasteiger partial charge in [0.15, 0.2) is 0 Å². The van der Waals surface area contributed by atoms with E-state index in [9.17, 15) is 9.18 Å². The number of halogens is 1. The van der Waals surface area contributed by atoms with Gasteiger partial charge in [-0.15, -0.1) is 6.58 Å². The Labute approximate surface area is 123 Å². The third-order valence-corrected chi connectivity index (χ3v) is 3.31. The maximum Gasteiger partial charge on any atom is 0.217 e. The Hall–Kier alpha value is -1.88. The van der Waals surface area contributed by atoms with Crippen molar-refractivity contribution in [1.29, 1.82) is 0 Å². The molecule has 1 saturated heterocycles. The SMILES string of the molecule is C=CCC(NC(C)=O)c1cc(F)ccc1O[C@@H]1CCOC1. The van der Waals surface area contributed by atoms with Crippen LogP contribution in [-0.4, -0.2) is 25.2 Å². The highest BCUT2D eigenvalue weighted by Gasteiger charge is 2.22. The molecule has 1 aliphatic heterocycles. The van der Waals surface area contributed by atoms with Crippen molar-refractivity contribution < 1.29 is 18.7 Å². The molecule has 1 heterocycles. The minimum Gasteiger partial charge on any atom is -0.488 e. The standard InChI is InChI=1S/C16H20FNO3/c1-3-4-15(18-11(2)19)14-9-12(17)5-6-16(14)21-13-7-8-20-10-13/h3,5-6,9,13,15H,1,4,7-8,10H2,2H3,(H,18,19)/t13-,15?/m1/s1. The minimum absolute atomic E-state index is 0.0316. The lowest BCUT2D eigenvalue weighted by Crippen LogP contribution is -2.27. The van der Waals surface area contributed by atoms with Gasteiger partial charge in [0.05, 0.1) is 19.3 Å². The number of benzene rings is 1. The Kier molecular flexibility index (Phi) is 5.33. The van der Waals surface area contributed by atoms with Crippen LogP contribution in [-0.2, 0) is 9.53 Å². The molecule has 0 saturated carbocycles. The summed E-state index contributed by atoms with van der Waals surface area (Å²) >= 11 is 0. The van der Waals surface area contributed by atoms with Gasteiger partial charge in [-0.3, -0.25) is 4.79 Å². The maximum atomic E-state index is 13.6. The van der Waals surface area contributed by atoms with Gasteiger partial charge in [0.2, 0.25) is 5.91 Å². The molecule has 1 aromatic rings. The molecule has 2 rings (SSSR count). The van der Waals surface area contributed by atoms with Gasteiger partial charge >= 0.3 is 0 Å². The number of carbonyl (C=O) groups is 1. The van der Waals surface area contributed by atoms with E-state index in [-0.39, 0.29) is 23.9 Å². The van der Waals surface area contributed by atoms with E-state index < -0.39 is 0 Å². The second kappa shape index (κ2) is 7.22. The van der Waals surface area contributed by atoms with Crippen molar-refractivity contribution >= 4 is 5.91 Å². The summed E-state index contributed by atoms with van der Waals surface area (Å²) < 4.78 is 24.8. The van der Waals surface area contributed by atoms with Crippen molar-refractivity contribution in [2.24, 2.45) is 0 Å². The summed E-state index contributed by atoms with van der Waals surface area (Å²) in [6.45, 7) is 6.31. The normalized spacial score (nSPS) is 19.0. The van der Waals surface area contributed by atoms with Crippen LogP contribution >= 0.6 is 0 Å². The van der Waals surface area contributed by atoms with Gasteiger partial charge in [-0.2, -0.15) is 0 Å². The lowest BCUT2D eigenvalue weighted by molar-refractivity contribution is -0.119. The van der Waals surface area contributed by atoms with Crippen molar-refractivity contribution in [3.63, 3.8) is 0 Å². The van der Waals surface area contributed by atoms with Crippen molar-refractivity contribution in [1.82, 2.24) is 5.32 Å². The molecule has 2 atom stereocenters. The molecule has 0 aliphatic carbocycles. The first-order valence-corrected chi connectivity index (χ1v) is 7.02. The summed E-state index contributed by atoms with van der Waals surface area (Å²) in [5.74, 6) is 0.0354. The highest BCUT2D eigenvalue weighted by Crippen LogP contribution is 2.30. The molecule has 1 fully saturated rings. The van der Waals surface area contributed by atoms with Crippen LogP contribution < -0.4 is 10.1 Å². The van der Waals surface area contributed by atoms with Crippen LogP contribution in [0.4, 0.5) is 4.39 Å². The molecule has 0 spiro atoms. The van der Waals surface area contributed by atoms with Crippen molar-refractivity contribution in [3.8, 4) is 5.75 Å².